The molecule has 0 spiro atoms. The quantitative estimate of drug-likeness (QED) is 0.394. The van der Waals surface area contributed by atoms with Gasteiger partial charge in [0, 0.05) is 30.4 Å². The number of rotatable bonds is 5. The van der Waals surface area contributed by atoms with Crippen LogP contribution < -0.4 is 15.4 Å². The second-order valence-corrected chi connectivity index (χ2v) is 8.24. The molecule has 35 heavy (non-hydrogen) atoms. The minimum Gasteiger partial charge on any atom is -0.497 e. The third-order valence-corrected chi connectivity index (χ3v) is 5.89. The molecule has 0 radical (unpaired) electrons. The van der Waals surface area contributed by atoms with Crippen molar-refractivity contribution in [1.29, 1.82) is 0 Å². The number of anilines is 1. The first-order valence-corrected chi connectivity index (χ1v) is 11.1. The van der Waals surface area contributed by atoms with E-state index in [2.05, 4.69) is 25.6 Å². The van der Waals surface area contributed by atoms with E-state index >= 15 is 0 Å². The van der Waals surface area contributed by atoms with E-state index in [0.717, 1.165) is 38.1 Å². The number of hydrogen-bond donors (Lipinski definition) is 2. The van der Waals surface area contributed by atoms with Gasteiger partial charge in [-0.3, -0.25) is 4.57 Å². The normalized spacial score (nSPS) is 16.4. The van der Waals surface area contributed by atoms with Crippen molar-refractivity contribution in [3.63, 3.8) is 0 Å². The fraction of sp³-hybridized carbons (Fsp3) is 0.292. The molecule has 1 atom stereocenters. The first kappa shape index (κ1) is 23.0. The van der Waals surface area contributed by atoms with Crippen molar-refractivity contribution in [2.75, 3.05) is 25.5 Å². The molecule has 11 heteroatoms. The van der Waals surface area contributed by atoms with Gasteiger partial charge in [-0.05, 0) is 55.8 Å². The molecule has 1 aliphatic heterocycles. The molecule has 2 N–H and O–H groups in total. The van der Waals surface area contributed by atoms with Crippen molar-refractivity contribution >= 4 is 17.0 Å². The summed E-state index contributed by atoms with van der Waals surface area (Å²) in [7, 11) is 1.52. The SMILES string of the molecule is COc1ccc2nc(-c3ccc(F)c(C(F)(F)F)c3)n(-c3ccnc(NC4CCCNC4)n3)c2c1. The van der Waals surface area contributed by atoms with E-state index in [1.807, 2.05) is 0 Å². The summed E-state index contributed by atoms with van der Waals surface area (Å²) in [4.78, 5) is 13.5. The molecule has 1 fully saturated rings. The van der Waals surface area contributed by atoms with Crippen LogP contribution in [0.2, 0.25) is 0 Å². The maximum atomic E-state index is 14.0. The zero-order valence-electron chi connectivity index (χ0n) is 18.7. The van der Waals surface area contributed by atoms with Crippen molar-refractivity contribution in [3.05, 3.63) is 60.0 Å². The molecule has 0 saturated carbocycles. The molecule has 7 nitrogen and oxygen atoms in total. The maximum Gasteiger partial charge on any atom is 0.419 e. The third kappa shape index (κ3) is 4.63. The molecule has 5 rings (SSSR count). The Morgan fingerprint density at radius 2 is 1.97 bits per heavy atom. The average Bonchev–Trinajstić information content (AvgIpc) is 3.23. The summed E-state index contributed by atoms with van der Waals surface area (Å²) in [5.74, 6) is 0.167. The van der Waals surface area contributed by atoms with Gasteiger partial charge in [-0.15, -0.1) is 0 Å². The van der Waals surface area contributed by atoms with Crippen LogP contribution in [0.3, 0.4) is 0 Å². The van der Waals surface area contributed by atoms with Gasteiger partial charge in [0.15, 0.2) is 0 Å². The highest BCUT2D eigenvalue weighted by atomic mass is 19.4. The largest absolute Gasteiger partial charge is 0.497 e. The zero-order chi connectivity index (χ0) is 24.6. The van der Waals surface area contributed by atoms with Gasteiger partial charge in [-0.25, -0.2) is 14.4 Å². The predicted octanol–water partition coefficient (Wildman–Crippen LogP) is 4.81. The second kappa shape index (κ2) is 9.14. The Bertz CT molecular complexity index is 1360. The molecule has 0 aliphatic carbocycles. The van der Waals surface area contributed by atoms with Gasteiger partial charge < -0.3 is 15.4 Å². The van der Waals surface area contributed by atoms with Crippen LogP contribution in [0.15, 0.2) is 48.7 Å². The number of imidazole rings is 1. The van der Waals surface area contributed by atoms with Gasteiger partial charge in [0.2, 0.25) is 5.95 Å². The van der Waals surface area contributed by atoms with Crippen LogP contribution in [0.25, 0.3) is 28.2 Å². The Labute approximate surface area is 198 Å². The predicted molar refractivity (Wildman–Crippen MR) is 123 cm³/mol. The molecular formula is C24H22F4N6O. The summed E-state index contributed by atoms with van der Waals surface area (Å²) >= 11 is 0. The fourth-order valence-electron chi connectivity index (χ4n) is 4.19. The van der Waals surface area contributed by atoms with Crippen molar-refractivity contribution in [2.45, 2.75) is 25.1 Å². The smallest absolute Gasteiger partial charge is 0.419 e. The van der Waals surface area contributed by atoms with Crippen LogP contribution in [0.1, 0.15) is 18.4 Å². The first-order valence-electron chi connectivity index (χ1n) is 11.1. The van der Waals surface area contributed by atoms with E-state index in [-0.39, 0.29) is 17.4 Å². The lowest BCUT2D eigenvalue weighted by Gasteiger charge is -2.23. The van der Waals surface area contributed by atoms with Gasteiger partial charge in [0.25, 0.3) is 0 Å². The molecule has 1 aliphatic rings. The maximum absolute atomic E-state index is 14.0. The van der Waals surface area contributed by atoms with Crippen LogP contribution >= 0.6 is 0 Å². The number of nitrogens with zero attached hydrogens (tertiary/aromatic N) is 4. The molecule has 2 aromatic heterocycles. The summed E-state index contributed by atoms with van der Waals surface area (Å²) in [6.07, 6.45) is -1.28. The van der Waals surface area contributed by atoms with Gasteiger partial charge in [0.1, 0.15) is 23.2 Å². The zero-order valence-corrected chi connectivity index (χ0v) is 18.7. The summed E-state index contributed by atoms with van der Waals surface area (Å²) in [5.41, 5.74) is -0.177. The van der Waals surface area contributed by atoms with Gasteiger partial charge in [-0.2, -0.15) is 18.2 Å². The molecule has 0 bridgehead atoms. The number of nitrogens with one attached hydrogen (secondary N) is 2. The number of benzene rings is 2. The van der Waals surface area contributed by atoms with E-state index in [0.29, 0.717) is 28.5 Å². The topological polar surface area (TPSA) is 76.9 Å². The molecule has 1 unspecified atom stereocenters. The van der Waals surface area contributed by atoms with E-state index in [1.54, 1.807) is 35.0 Å². The van der Waals surface area contributed by atoms with Gasteiger partial charge >= 0.3 is 6.18 Å². The Balaban J connectivity index is 1.66. The van der Waals surface area contributed by atoms with Crippen LogP contribution in [-0.2, 0) is 6.18 Å². The van der Waals surface area contributed by atoms with E-state index < -0.39 is 17.6 Å². The number of fused-ring (bicyclic) bond motifs is 1. The molecular weight excluding hydrogens is 464 g/mol. The second-order valence-electron chi connectivity index (χ2n) is 8.24. The van der Waals surface area contributed by atoms with E-state index in [4.69, 9.17) is 4.74 Å². The van der Waals surface area contributed by atoms with Crippen molar-refractivity contribution in [1.82, 2.24) is 24.8 Å². The number of alkyl halides is 3. The van der Waals surface area contributed by atoms with Gasteiger partial charge in [-0.1, -0.05) is 0 Å². The molecule has 1 saturated heterocycles. The fourth-order valence-corrected chi connectivity index (χ4v) is 4.19. The summed E-state index contributed by atoms with van der Waals surface area (Å²) in [6, 6.07) is 9.76. The number of halogens is 4. The molecule has 182 valence electrons. The van der Waals surface area contributed by atoms with E-state index in [1.165, 1.54) is 13.2 Å². The standard InChI is InChI=1S/C24H22F4N6O/c1-35-16-5-7-19-20(12-16)34(21-8-10-30-23(33-21)31-15-3-2-9-29-13-15)22(32-19)14-4-6-18(25)17(11-14)24(26,27)28/h4-8,10-12,15,29H,2-3,9,13H2,1H3,(H,30,31,33). The minimum atomic E-state index is -4.85. The Hall–Kier alpha value is -3.73. The van der Waals surface area contributed by atoms with Crippen molar-refractivity contribution in [3.8, 4) is 23.0 Å². The lowest BCUT2D eigenvalue weighted by molar-refractivity contribution is -0.139. The van der Waals surface area contributed by atoms with Crippen LogP contribution in [-0.4, -0.2) is 45.8 Å². The highest BCUT2D eigenvalue weighted by Crippen LogP contribution is 2.36. The molecule has 2 aromatic carbocycles. The Kier molecular flexibility index (Phi) is 6.01. The molecule has 3 heterocycles. The Morgan fingerprint density at radius 1 is 1.11 bits per heavy atom. The average molecular weight is 486 g/mol. The first-order chi connectivity index (χ1) is 16.8. The van der Waals surface area contributed by atoms with Crippen LogP contribution in [0.5, 0.6) is 5.75 Å². The van der Waals surface area contributed by atoms with Crippen molar-refractivity contribution in [2.24, 2.45) is 0 Å². The minimum absolute atomic E-state index is 0.0958. The number of hydrogen-bond acceptors (Lipinski definition) is 6. The van der Waals surface area contributed by atoms with Crippen LogP contribution in [0.4, 0.5) is 23.5 Å². The van der Waals surface area contributed by atoms with Crippen molar-refractivity contribution < 1.29 is 22.3 Å². The van der Waals surface area contributed by atoms with E-state index in [9.17, 15) is 17.6 Å². The Morgan fingerprint density at radius 3 is 2.71 bits per heavy atom. The summed E-state index contributed by atoms with van der Waals surface area (Å²) in [6.45, 7) is 1.74. The molecule has 4 aromatic rings. The number of piperidine rings is 1. The number of aromatic nitrogens is 4. The number of ether oxygens (including phenoxy) is 1. The summed E-state index contributed by atoms with van der Waals surface area (Å²) < 4.78 is 61.2. The highest BCUT2D eigenvalue weighted by Gasteiger charge is 2.34. The number of methoxy groups -OCH3 is 1. The molecule has 0 amide bonds. The monoisotopic (exact) mass is 486 g/mol. The van der Waals surface area contributed by atoms with Crippen LogP contribution in [0, 0.1) is 5.82 Å². The lowest BCUT2D eigenvalue weighted by atomic mass is 10.1. The lowest BCUT2D eigenvalue weighted by Crippen LogP contribution is -2.38. The van der Waals surface area contributed by atoms with Gasteiger partial charge in [0.05, 0.1) is 23.7 Å². The third-order valence-electron chi connectivity index (χ3n) is 5.89. The highest BCUT2D eigenvalue weighted by molar-refractivity contribution is 5.84. The summed E-state index contributed by atoms with van der Waals surface area (Å²) in [5, 5.41) is 6.63.